The Morgan fingerprint density at radius 2 is 1.83 bits per heavy atom. The average Bonchev–Trinajstić information content (AvgIpc) is 3.19. The first-order valence-corrected chi connectivity index (χ1v) is 12.5. The molecule has 1 aromatic heterocycles. The van der Waals surface area contributed by atoms with Crippen molar-refractivity contribution >= 4 is 45.3 Å². The number of likely N-dealkylation sites (tertiary alicyclic amines) is 1. The first-order chi connectivity index (χ1) is 16.7. The second-order valence-corrected chi connectivity index (χ2v) is 9.87. The van der Waals surface area contributed by atoms with Gasteiger partial charge in [-0.3, -0.25) is 9.59 Å². The zero-order valence-corrected chi connectivity index (χ0v) is 21.1. The number of nitrogens with zero attached hydrogens (tertiary/aromatic N) is 2. The number of amides is 2. The molecule has 3 aromatic rings. The Hall–Kier alpha value is -2.60. The maximum Gasteiger partial charge on any atom is 0.416 e. The predicted octanol–water partition coefficient (Wildman–Crippen LogP) is 4.36. The van der Waals surface area contributed by atoms with Crippen LogP contribution in [-0.4, -0.2) is 47.5 Å². The van der Waals surface area contributed by atoms with Gasteiger partial charge in [-0.15, -0.1) is 0 Å². The van der Waals surface area contributed by atoms with Gasteiger partial charge in [0.05, 0.1) is 16.6 Å². The number of nitrogens with two attached hydrogens (primary N) is 1. The van der Waals surface area contributed by atoms with Crippen LogP contribution in [0.15, 0.2) is 48.7 Å². The molecule has 10 heteroatoms. The van der Waals surface area contributed by atoms with Gasteiger partial charge in [0.2, 0.25) is 5.91 Å². The molecule has 2 aromatic carbocycles. The maximum absolute atomic E-state index is 13.5. The van der Waals surface area contributed by atoms with E-state index in [1.54, 1.807) is 21.7 Å². The van der Waals surface area contributed by atoms with E-state index in [0.29, 0.717) is 50.1 Å². The Balaban J connectivity index is 1.54. The molecule has 186 valence electrons. The Kier molecular flexibility index (Phi) is 7.70. The molecule has 6 nitrogen and oxygen atoms in total. The lowest BCUT2D eigenvalue weighted by atomic mass is 9.86. The van der Waals surface area contributed by atoms with Crippen molar-refractivity contribution < 1.29 is 22.8 Å². The minimum atomic E-state index is -4.40. The molecule has 35 heavy (non-hydrogen) atoms. The topological polar surface area (TPSA) is 80.4 Å². The molecule has 1 aliphatic rings. The number of nitrogens with one attached hydrogen (secondary N) is 1. The molecule has 0 spiro atoms. The lowest BCUT2D eigenvalue weighted by Gasteiger charge is -2.33. The average molecular weight is 598 g/mol. The molecule has 0 aliphatic carbocycles. The summed E-state index contributed by atoms with van der Waals surface area (Å²) in [6.45, 7) is 1.49. The molecular formula is C25H26F3IN4O2. The van der Waals surface area contributed by atoms with Crippen LogP contribution in [0.5, 0.6) is 0 Å². The van der Waals surface area contributed by atoms with Crippen molar-refractivity contribution in [2.75, 3.05) is 26.2 Å². The Morgan fingerprint density at radius 1 is 1.11 bits per heavy atom. The monoisotopic (exact) mass is 598 g/mol. The number of halogens is 4. The molecule has 0 saturated carbocycles. The van der Waals surface area contributed by atoms with Gasteiger partial charge in [0.1, 0.15) is 6.54 Å². The molecule has 3 N–H and O–H groups in total. The predicted molar refractivity (Wildman–Crippen MR) is 136 cm³/mol. The van der Waals surface area contributed by atoms with Gasteiger partial charge in [0.25, 0.3) is 5.91 Å². The number of benzene rings is 2. The minimum Gasteiger partial charge on any atom is -0.353 e. The van der Waals surface area contributed by atoms with Crippen molar-refractivity contribution in [2.45, 2.75) is 31.5 Å². The number of rotatable bonds is 6. The highest BCUT2D eigenvalue weighted by Crippen LogP contribution is 2.39. The smallest absolute Gasteiger partial charge is 0.353 e. The lowest BCUT2D eigenvalue weighted by Crippen LogP contribution is -2.38. The molecule has 2 heterocycles. The van der Waals surface area contributed by atoms with Crippen LogP contribution in [-0.2, 0) is 17.5 Å². The fraction of sp³-hybridized carbons (Fsp3) is 0.360. The first kappa shape index (κ1) is 25.5. The number of hydrogen-bond acceptors (Lipinski definition) is 3. The fourth-order valence-corrected chi connectivity index (χ4v) is 5.14. The highest BCUT2D eigenvalue weighted by atomic mass is 127. The Morgan fingerprint density at radius 3 is 2.51 bits per heavy atom. The van der Waals surface area contributed by atoms with Gasteiger partial charge in [0, 0.05) is 41.3 Å². The minimum absolute atomic E-state index is 0.0557. The summed E-state index contributed by atoms with van der Waals surface area (Å²) in [5.41, 5.74) is 6.41. The van der Waals surface area contributed by atoms with Crippen LogP contribution in [0.1, 0.15) is 40.2 Å². The maximum atomic E-state index is 13.5. The summed E-state index contributed by atoms with van der Waals surface area (Å²) in [6, 6.07) is 11.4. The number of alkyl halides is 3. The van der Waals surface area contributed by atoms with Gasteiger partial charge in [-0.05, 0) is 65.1 Å². The van der Waals surface area contributed by atoms with Crippen LogP contribution in [0.2, 0.25) is 0 Å². The van der Waals surface area contributed by atoms with Crippen molar-refractivity contribution in [3.63, 3.8) is 0 Å². The zero-order valence-electron chi connectivity index (χ0n) is 18.9. The Labute approximate surface area is 214 Å². The third-order valence-electron chi connectivity index (χ3n) is 6.34. The van der Waals surface area contributed by atoms with Gasteiger partial charge in [-0.2, -0.15) is 13.2 Å². The molecular weight excluding hydrogens is 572 g/mol. The number of aromatic nitrogens is 1. The molecule has 0 atom stereocenters. The highest BCUT2D eigenvalue weighted by Gasteiger charge is 2.36. The molecule has 4 rings (SSSR count). The van der Waals surface area contributed by atoms with Crippen molar-refractivity contribution in [3.8, 4) is 0 Å². The number of fused-ring (bicyclic) bond motifs is 1. The summed E-state index contributed by atoms with van der Waals surface area (Å²) >= 11 is 2.18. The van der Waals surface area contributed by atoms with E-state index >= 15 is 0 Å². The molecule has 1 saturated heterocycles. The van der Waals surface area contributed by atoms with Crippen LogP contribution in [0.4, 0.5) is 13.2 Å². The van der Waals surface area contributed by atoms with E-state index in [0.717, 1.165) is 20.5 Å². The number of piperidine rings is 1. The van der Waals surface area contributed by atoms with Crippen LogP contribution in [0.25, 0.3) is 10.9 Å². The second kappa shape index (κ2) is 10.6. The van der Waals surface area contributed by atoms with E-state index < -0.39 is 11.7 Å². The largest absolute Gasteiger partial charge is 0.416 e. The summed E-state index contributed by atoms with van der Waals surface area (Å²) in [7, 11) is 0. The van der Waals surface area contributed by atoms with Crippen molar-refractivity contribution in [1.82, 2.24) is 14.8 Å². The third kappa shape index (κ3) is 5.64. The van der Waals surface area contributed by atoms with E-state index in [1.165, 1.54) is 12.1 Å². The van der Waals surface area contributed by atoms with Gasteiger partial charge in [-0.1, -0.05) is 24.3 Å². The summed E-state index contributed by atoms with van der Waals surface area (Å²) in [5, 5.41) is 3.48. The van der Waals surface area contributed by atoms with Crippen LogP contribution < -0.4 is 11.1 Å². The van der Waals surface area contributed by atoms with Crippen molar-refractivity contribution in [2.24, 2.45) is 5.73 Å². The Bertz CT molecular complexity index is 1230. The lowest BCUT2D eigenvalue weighted by molar-refractivity contribution is -0.138. The molecule has 0 bridgehead atoms. The molecule has 0 unspecified atom stereocenters. The van der Waals surface area contributed by atoms with E-state index in [4.69, 9.17) is 5.73 Å². The van der Waals surface area contributed by atoms with Crippen LogP contribution in [0.3, 0.4) is 0 Å². The number of carbonyl (C=O) groups excluding carboxylic acids is 2. The number of carbonyl (C=O) groups is 2. The third-order valence-corrected chi connectivity index (χ3v) is 7.01. The van der Waals surface area contributed by atoms with E-state index in [2.05, 4.69) is 27.9 Å². The normalized spacial score (nSPS) is 14.9. The van der Waals surface area contributed by atoms with E-state index in [1.807, 2.05) is 18.2 Å². The van der Waals surface area contributed by atoms with E-state index in [-0.39, 0.29) is 24.3 Å². The summed E-state index contributed by atoms with van der Waals surface area (Å²) < 4.78 is 43.1. The summed E-state index contributed by atoms with van der Waals surface area (Å²) in [4.78, 5) is 27.4. The quantitative estimate of drug-likeness (QED) is 0.414. The van der Waals surface area contributed by atoms with Crippen molar-refractivity contribution in [1.29, 1.82) is 0 Å². The second-order valence-electron chi connectivity index (χ2n) is 8.62. The van der Waals surface area contributed by atoms with Gasteiger partial charge < -0.3 is 20.5 Å². The van der Waals surface area contributed by atoms with Crippen molar-refractivity contribution in [3.05, 3.63) is 68.9 Å². The zero-order chi connectivity index (χ0) is 25.2. The summed E-state index contributed by atoms with van der Waals surface area (Å²) in [5.74, 6) is -0.639. The number of hydrogen-bond donors (Lipinski definition) is 2. The SMILES string of the molecule is NCCNC(=O)Cn1cc(C(=O)N2CCC(c3ccccc3C(F)(F)F)CC2)c2ccc(I)cc21. The van der Waals surface area contributed by atoms with Crippen LogP contribution in [0, 0.1) is 3.57 Å². The molecule has 2 amide bonds. The van der Waals surface area contributed by atoms with E-state index in [9.17, 15) is 22.8 Å². The van der Waals surface area contributed by atoms with Gasteiger partial charge >= 0.3 is 6.18 Å². The first-order valence-electron chi connectivity index (χ1n) is 11.4. The fourth-order valence-electron chi connectivity index (χ4n) is 4.66. The highest BCUT2D eigenvalue weighted by molar-refractivity contribution is 14.1. The molecule has 1 aliphatic heterocycles. The molecule has 1 fully saturated rings. The van der Waals surface area contributed by atoms with Crippen LogP contribution >= 0.6 is 22.6 Å². The van der Waals surface area contributed by atoms with Gasteiger partial charge in [0.15, 0.2) is 0 Å². The van der Waals surface area contributed by atoms with Gasteiger partial charge in [-0.25, -0.2) is 0 Å². The summed E-state index contributed by atoms with van der Waals surface area (Å²) in [6.07, 6.45) is -1.80. The standard InChI is InChI=1S/C25H26F3IN4O2/c26-25(27,28)21-4-2-1-3-18(21)16-7-11-32(12-8-16)24(35)20-14-33(15-23(34)31-10-9-30)22-13-17(29)5-6-19(20)22/h1-6,13-14,16H,7-12,15,30H2,(H,31,34). The molecule has 0 radical (unpaired) electrons.